The fourth-order valence-electron chi connectivity index (χ4n) is 1.44. The van der Waals surface area contributed by atoms with Gasteiger partial charge in [-0.1, -0.05) is 31.2 Å². The van der Waals surface area contributed by atoms with E-state index < -0.39 is 0 Å². The average molecular weight is 220 g/mol. The summed E-state index contributed by atoms with van der Waals surface area (Å²) in [6.07, 6.45) is 4.21. The van der Waals surface area contributed by atoms with Crippen LogP contribution in [0.4, 0.5) is 0 Å². The fourth-order valence-corrected chi connectivity index (χ4v) is 1.94. The van der Waals surface area contributed by atoms with E-state index in [0.717, 1.165) is 35.4 Å². The maximum Gasteiger partial charge on any atom is 0.117 e. The zero-order valence-corrected chi connectivity index (χ0v) is 11.7. The molecule has 0 aliphatic rings. The Morgan fingerprint density at radius 1 is 1.47 bits per heavy atom. The minimum Gasteiger partial charge on any atom is -0.493 e. The maximum atomic E-state index is 5.80. The van der Waals surface area contributed by atoms with E-state index in [0.29, 0.717) is 5.92 Å². The Hall–Kier alpha value is -1.02. The number of allylic oxidation sites excluding steroid dienone is 1. The van der Waals surface area contributed by atoms with Crippen molar-refractivity contribution in [3.05, 3.63) is 36.9 Å². The van der Waals surface area contributed by atoms with Crippen LogP contribution in [0.3, 0.4) is 0 Å². The predicted molar refractivity (Wildman–Crippen MR) is 70.1 cm³/mol. The van der Waals surface area contributed by atoms with Crippen molar-refractivity contribution in [1.29, 1.82) is 0 Å². The highest BCUT2D eigenvalue weighted by molar-refractivity contribution is 6.34. The molecule has 0 spiro atoms. The van der Waals surface area contributed by atoms with Gasteiger partial charge < -0.3 is 4.74 Å². The third kappa shape index (κ3) is 4.34. The van der Waals surface area contributed by atoms with Gasteiger partial charge in [0.2, 0.25) is 0 Å². The lowest BCUT2D eigenvalue weighted by Gasteiger charge is -2.13. The Morgan fingerprint density at radius 2 is 2.20 bits per heavy atom. The highest BCUT2D eigenvalue weighted by Gasteiger charge is 2.03. The molecule has 1 rings (SSSR count). The number of rotatable bonds is 6. The summed E-state index contributed by atoms with van der Waals surface area (Å²) in [5.41, 5.74) is 0. The molecule has 1 aromatic carbocycles. The molecule has 0 amide bonds. The monoisotopic (exact) mass is 220 g/mol. The Labute approximate surface area is 95.6 Å². The van der Waals surface area contributed by atoms with Gasteiger partial charge in [-0.05, 0) is 30.0 Å². The van der Waals surface area contributed by atoms with Crippen molar-refractivity contribution >= 4 is 15.4 Å². The molecule has 0 heterocycles. The quantitative estimate of drug-likeness (QED) is 0.523. The van der Waals surface area contributed by atoms with Crippen molar-refractivity contribution in [3.63, 3.8) is 0 Å². The minimum absolute atomic E-state index is 0.601. The van der Waals surface area contributed by atoms with Gasteiger partial charge in [-0.25, -0.2) is 0 Å². The summed E-state index contributed by atoms with van der Waals surface area (Å²) in [6.45, 7) is 6.76. The van der Waals surface area contributed by atoms with Crippen LogP contribution >= 0.6 is 0 Å². The van der Waals surface area contributed by atoms with Crippen LogP contribution in [0.1, 0.15) is 19.8 Å². The summed E-state index contributed by atoms with van der Waals surface area (Å²) in [5, 5.41) is 1.34. The Kier molecular flexibility index (Phi) is 5.19. The van der Waals surface area contributed by atoms with Crippen LogP contribution in [-0.2, 0) is 0 Å². The summed E-state index contributed by atoms with van der Waals surface area (Å²) in [7, 11) is 1.05. The zero-order chi connectivity index (χ0) is 11.1. The second kappa shape index (κ2) is 6.46. The molecule has 15 heavy (non-hydrogen) atoms. The molecule has 1 nitrogen and oxygen atoms in total. The molecule has 0 saturated heterocycles. The fraction of sp³-hybridized carbons (Fsp3) is 0.385. The van der Waals surface area contributed by atoms with Crippen LogP contribution in [0.15, 0.2) is 36.9 Å². The number of hydrogen-bond donors (Lipinski definition) is 0. The Morgan fingerprint density at radius 3 is 2.87 bits per heavy atom. The Bertz CT molecular complexity index is 309. The molecule has 1 unspecified atom stereocenters. The van der Waals surface area contributed by atoms with Crippen molar-refractivity contribution in [1.82, 2.24) is 0 Å². The topological polar surface area (TPSA) is 9.23 Å². The van der Waals surface area contributed by atoms with E-state index in [9.17, 15) is 0 Å². The highest BCUT2D eigenvalue weighted by Crippen LogP contribution is 2.10. The normalized spacial score (nSPS) is 12.3. The third-order valence-electron chi connectivity index (χ3n) is 2.48. The highest BCUT2D eigenvalue weighted by atomic mass is 28.1. The van der Waals surface area contributed by atoms with E-state index in [4.69, 9.17) is 4.74 Å². The molecule has 0 radical (unpaired) electrons. The first-order valence-corrected chi connectivity index (χ1v) is 6.53. The predicted octanol–water partition coefficient (Wildman–Crippen LogP) is 1.66. The molecule has 0 N–H and O–H groups in total. The lowest BCUT2D eigenvalue weighted by atomic mass is 10.1. The van der Waals surface area contributed by atoms with Crippen LogP contribution < -0.4 is 9.92 Å². The van der Waals surface area contributed by atoms with Crippen LogP contribution in [0.2, 0.25) is 0 Å². The molecule has 0 aromatic heterocycles. The van der Waals surface area contributed by atoms with Gasteiger partial charge in [-0.3, -0.25) is 0 Å². The first-order valence-electron chi connectivity index (χ1n) is 5.53. The second-order valence-electron chi connectivity index (χ2n) is 4.05. The number of hydrogen-bond acceptors (Lipinski definition) is 1. The van der Waals surface area contributed by atoms with Gasteiger partial charge in [-0.2, -0.15) is 0 Å². The van der Waals surface area contributed by atoms with E-state index in [1.807, 2.05) is 12.1 Å². The summed E-state index contributed by atoms with van der Waals surface area (Å²) in [6, 6.07) is 8.29. The molecule has 2 heteroatoms. The lowest BCUT2D eigenvalue weighted by Crippen LogP contribution is -2.14. The third-order valence-corrected chi connectivity index (χ3v) is 3.31. The first-order chi connectivity index (χ1) is 7.24. The zero-order valence-electron chi connectivity index (χ0n) is 9.70. The lowest BCUT2D eigenvalue weighted by molar-refractivity contribution is 0.255. The van der Waals surface area contributed by atoms with Crippen LogP contribution in [0.5, 0.6) is 5.75 Å². The summed E-state index contributed by atoms with van der Waals surface area (Å²) in [5.74, 6) is 1.67. The van der Waals surface area contributed by atoms with Crippen LogP contribution in [-0.4, -0.2) is 16.8 Å². The van der Waals surface area contributed by atoms with E-state index in [1.54, 1.807) is 0 Å². The average Bonchev–Trinajstić information content (AvgIpc) is 2.25. The SMILES string of the molecule is C=CCCC(C)COc1ccccc1[SiH3]. The second-order valence-corrected chi connectivity index (χ2v) is 5.13. The minimum atomic E-state index is 0.601. The van der Waals surface area contributed by atoms with Gasteiger partial charge in [0, 0.05) is 10.2 Å². The molecule has 1 atom stereocenters. The van der Waals surface area contributed by atoms with Gasteiger partial charge >= 0.3 is 0 Å². The standard InChI is InChI=1S/C13H20OSi/c1-3-4-7-11(2)10-14-12-8-5-6-9-13(12)15/h3,5-6,8-9,11H,1,4,7,10H2,2,15H3. The molecule has 0 bridgehead atoms. The molecular weight excluding hydrogens is 200 g/mol. The number of para-hydroxylation sites is 1. The van der Waals surface area contributed by atoms with Gasteiger partial charge in [0.1, 0.15) is 5.75 Å². The molecular formula is C13H20OSi. The van der Waals surface area contributed by atoms with Crippen molar-refractivity contribution in [2.45, 2.75) is 19.8 Å². The maximum absolute atomic E-state index is 5.80. The van der Waals surface area contributed by atoms with Crippen molar-refractivity contribution in [2.75, 3.05) is 6.61 Å². The number of ether oxygens (including phenoxy) is 1. The smallest absolute Gasteiger partial charge is 0.117 e. The van der Waals surface area contributed by atoms with E-state index in [-0.39, 0.29) is 0 Å². The van der Waals surface area contributed by atoms with Crippen LogP contribution in [0, 0.1) is 5.92 Å². The largest absolute Gasteiger partial charge is 0.493 e. The van der Waals surface area contributed by atoms with Crippen molar-refractivity contribution in [3.8, 4) is 5.75 Å². The molecule has 0 fully saturated rings. The van der Waals surface area contributed by atoms with Gasteiger partial charge in [0.05, 0.1) is 6.61 Å². The van der Waals surface area contributed by atoms with E-state index in [1.165, 1.54) is 5.19 Å². The Balaban J connectivity index is 2.36. The molecule has 1 aromatic rings. The first kappa shape index (κ1) is 12.0. The van der Waals surface area contributed by atoms with Crippen molar-refractivity contribution in [2.24, 2.45) is 5.92 Å². The molecule has 0 aliphatic carbocycles. The van der Waals surface area contributed by atoms with Gasteiger partial charge in [-0.15, -0.1) is 6.58 Å². The molecule has 0 aliphatic heterocycles. The molecule has 82 valence electrons. The summed E-state index contributed by atoms with van der Waals surface area (Å²) >= 11 is 0. The summed E-state index contributed by atoms with van der Waals surface area (Å²) < 4.78 is 5.80. The molecule has 0 saturated carbocycles. The van der Waals surface area contributed by atoms with Gasteiger partial charge in [0.25, 0.3) is 0 Å². The van der Waals surface area contributed by atoms with Crippen LogP contribution in [0.25, 0.3) is 0 Å². The number of benzene rings is 1. The van der Waals surface area contributed by atoms with Crippen molar-refractivity contribution < 1.29 is 4.74 Å². The van der Waals surface area contributed by atoms with E-state index in [2.05, 4.69) is 31.7 Å². The van der Waals surface area contributed by atoms with Gasteiger partial charge in [0.15, 0.2) is 0 Å². The van der Waals surface area contributed by atoms with E-state index >= 15 is 0 Å². The summed E-state index contributed by atoms with van der Waals surface area (Å²) in [4.78, 5) is 0.